The molecule has 0 spiro atoms. The van der Waals surface area contributed by atoms with Crippen LogP contribution in [0.15, 0.2) is 71.0 Å². The number of piperidine rings is 1. The van der Waals surface area contributed by atoms with Crippen LogP contribution >= 0.6 is 0 Å². The molecular weight excluding hydrogens is 398 g/mol. The van der Waals surface area contributed by atoms with Crippen LogP contribution in [-0.4, -0.2) is 41.1 Å². The third-order valence-corrected chi connectivity index (χ3v) is 6.20. The highest BCUT2D eigenvalue weighted by molar-refractivity contribution is 5.87. The number of hydrogen-bond donors (Lipinski definition) is 1. The largest absolute Gasteiger partial charge is 0.492 e. The lowest BCUT2D eigenvalue weighted by Gasteiger charge is -2.28. The average Bonchev–Trinajstić information content (AvgIpc) is 2.82. The van der Waals surface area contributed by atoms with Gasteiger partial charge in [-0.3, -0.25) is 9.69 Å². The van der Waals surface area contributed by atoms with Crippen molar-refractivity contribution < 1.29 is 4.74 Å². The van der Waals surface area contributed by atoms with Gasteiger partial charge in [-0.05, 0) is 55.7 Å². The predicted molar refractivity (Wildman–Crippen MR) is 130 cm³/mol. The maximum Gasteiger partial charge on any atom is 0.248 e. The summed E-state index contributed by atoms with van der Waals surface area (Å²) in [6.07, 6.45) is 4.37. The van der Waals surface area contributed by atoms with Gasteiger partial charge < -0.3 is 9.72 Å². The average molecular weight is 426 g/mol. The quantitative estimate of drug-likeness (QED) is 0.492. The van der Waals surface area contributed by atoms with Gasteiger partial charge in [0.1, 0.15) is 12.4 Å². The van der Waals surface area contributed by atoms with E-state index in [-0.39, 0.29) is 5.56 Å². The van der Waals surface area contributed by atoms with E-state index in [1.54, 1.807) is 6.07 Å². The van der Waals surface area contributed by atoms with Crippen molar-refractivity contribution in [2.45, 2.75) is 19.8 Å². The van der Waals surface area contributed by atoms with E-state index in [9.17, 15) is 4.79 Å². The molecule has 4 aromatic rings. The zero-order valence-electron chi connectivity index (χ0n) is 18.3. The number of pyridine rings is 2. The van der Waals surface area contributed by atoms with Crippen LogP contribution in [-0.2, 0) is 0 Å². The molecule has 0 unspecified atom stereocenters. The number of benzene rings is 2. The third-order valence-electron chi connectivity index (χ3n) is 6.20. The molecule has 3 heterocycles. The van der Waals surface area contributed by atoms with Crippen LogP contribution in [0.3, 0.4) is 0 Å². The molecule has 0 radical (unpaired) electrons. The van der Waals surface area contributed by atoms with Crippen LogP contribution in [0.4, 0.5) is 0 Å². The molecular formula is C27H27N3O2. The van der Waals surface area contributed by atoms with Gasteiger partial charge in [-0.15, -0.1) is 0 Å². The minimum absolute atomic E-state index is 0.0891. The predicted octanol–water partition coefficient (Wildman–Crippen LogP) is 4.94. The second-order valence-electron chi connectivity index (χ2n) is 8.41. The van der Waals surface area contributed by atoms with Crippen LogP contribution in [0.5, 0.6) is 5.75 Å². The van der Waals surface area contributed by atoms with Crippen molar-refractivity contribution in [1.82, 2.24) is 14.9 Å². The van der Waals surface area contributed by atoms with Gasteiger partial charge in [-0.1, -0.05) is 35.9 Å². The zero-order valence-corrected chi connectivity index (χ0v) is 18.3. The molecule has 0 saturated carbocycles. The number of rotatable bonds is 5. The van der Waals surface area contributed by atoms with Crippen LogP contribution in [0.1, 0.15) is 24.1 Å². The fourth-order valence-corrected chi connectivity index (χ4v) is 4.35. The number of H-pyrrole nitrogens is 1. The molecule has 5 nitrogen and oxygen atoms in total. The van der Waals surface area contributed by atoms with Gasteiger partial charge in [0, 0.05) is 36.5 Å². The summed E-state index contributed by atoms with van der Waals surface area (Å²) >= 11 is 0. The lowest BCUT2D eigenvalue weighted by atomic mass is 10.0. The summed E-state index contributed by atoms with van der Waals surface area (Å²) in [6, 6.07) is 19.9. The normalized spacial score (nSPS) is 14.7. The fraction of sp³-hybridized carbons (Fsp3) is 0.259. The lowest BCUT2D eigenvalue weighted by molar-refractivity contribution is 0.200. The highest BCUT2D eigenvalue weighted by Crippen LogP contribution is 2.26. The minimum atomic E-state index is -0.0891. The van der Waals surface area contributed by atoms with Crippen molar-refractivity contribution in [3.8, 4) is 5.75 Å². The number of fused-ring (bicyclic) bond motifs is 2. The Kier molecular flexibility index (Phi) is 5.73. The number of hydrogen-bond acceptors (Lipinski definition) is 4. The van der Waals surface area contributed by atoms with Crippen molar-refractivity contribution in [3.05, 3.63) is 87.8 Å². The van der Waals surface area contributed by atoms with Gasteiger partial charge in [0.25, 0.3) is 0 Å². The summed E-state index contributed by atoms with van der Waals surface area (Å²) in [5, 5.41) is 2.13. The summed E-state index contributed by atoms with van der Waals surface area (Å²) in [7, 11) is 0. The molecule has 0 bridgehead atoms. The van der Waals surface area contributed by atoms with Crippen LogP contribution < -0.4 is 10.3 Å². The first-order valence-corrected chi connectivity index (χ1v) is 11.2. The number of nitrogens with zero attached hydrogens (tertiary/aromatic N) is 2. The van der Waals surface area contributed by atoms with Gasteiger partial charge >= 0.3 is 0 Å². The second-order valence-corrected chi connectivity index (χ2v) is 8.41. The van der Waals surface area contributed by atoms with E-state index in [0.29, 0.717) is 6.61 Å². The van der Waals surface area contributed by atoms with Crippen LogP contribution in [0.25, 0.3) is 27.9 Å². The Morgan fingerprint density at radius 1 is 1.03 bits per heavy atom. The van der Waals surface area contributed by atoms with E-state index >= 15 is 0 Å². The molecule has 0 atom stereocenters. The van der Waals surface area contributed by atoms with Gasteiger partial charge in [-0.2, -0.15) is 0 Å². The highest BCUT2D eigenvalue weighted by atomic mass is 16.5. The Balaban J connectivity index is 1.17. The number of nitrogens with one attached hydrogen (secondary N) is 1. The number of likely N-dealkylation sites (tertiary alicyclic amines) is 1. The fourth-order valence-electron chi connectivity index (χ4n) is 4.35. The summed E-state index contributed by atoms with van der Waals surface area (Å²) in [6.45, 7) is 5.58. The summed E-state index contributed by atoms with van der Waals surface area (Å²) in [5.74, 6) is 0.821. The Morgan fingerprint density at radius 2 is 1.88 bits per heavy atom. The van der Waals surface area contributed by atoms with Crippen molar-refractivity contribution in [2.24, 2.45) is 0 Å². The molecule has 162 valence electrons. The van der Waals surface area contributed by atoms with E-state index in [2.05, 4.69) is 40.2 Å². The number of aromatic nitrogens is 2. The second kappa shape index (κ2) is 8.97. The number of aromatic amines is 1. The SMILES string of the molecule is Cc1ccc(OCCN2CCC(=Cc3ccc4ccccc4n3)CC2)c2ccc(=O)[nH]c12. The molecule has 5 heteroatoms. The molecule has 2 aromatic carbocycles. The standard InChI is InChI=1S/C27H27N3O2/c1-19-6-10-25(23-9-11-26(31)29-27(19)23)32-17-16-30-14-12-20(13-15-30)18-22-8-7-21-4-2-3-5-24(21)28-22/h2-11,18H,12-17H2,1H3,(H,29,31). The molecule has 1 aliphatic rings. The van der Waals surface area contributed by atoms with Crippen LogP contribution in [0, 0.1) is 6.92 Å². The topological polar surface area (TPSA) is 58.2 Å². The molecule has 5 rings (SSSR count). The number of aryl methyl sites for hydroxylation is 1. The molecule has 32 heavy (non-hydrogen) atoms. The Labute approximate surface area is 187 Å². The van der Waals surface area contributed by atoms with Gasteiger partial charge in [0.2, 0.25) is 5.56 Å². The van der Waals surface area contributed by atoms with Crippen molar-refractivity contribution in [3.63, 3.8) is 0 Å². The smallest absolute Gasteiger partial charge is 0.248 e. The first-order valence-electron chi connectivity index (χ1n) is 11.2. The van der Waals surface area contributed by atoms with Gasteiger partial charge in [-0.25, -0.2) is 4.98 Å². The monoisotopic (exact) mass is 425 g/mol. The van der Waals surface area contributed by atoms with E-state index < -0.39 is 0 Å². The van der Waals surface area contributed by atoms with Gasteiger partial charge in [0.15, 0.2) is 0 Å². The maximum atomic E-state index is 11.7. The van der Waals surface area contributed by atoms with Crippen molar-refractivity contribution in [1.29, 1.82) is 0 Å². The molecule has 1 aliphatic heterocycles. The molecule has 0 amide bonds. The van der Waals surface area contributed by atoms with Crippen molar-refractivity contribution in [2.75, 3.05) is 26.2 Å². The van der Waals surface area contributed by atoms with E-state index in [0.717, 1.165) is 65.9 Å². The molecule has 1 fully saturated rings. The Hall–Kier alpha value is -3.44. The lowest BCUT2D eigenvalue weighted by Crippen LogP contribution is -2.34. The Morgan fingerprint density at radius 3 is 2.75 bits per heavy atom. The molecule has 1 N–H and O–H groups in total. The van der Waals surface area contributed by atoms with E-state index in [1.807, 2.05) is 37.3 Å². The first kappa shape index (κ1) is 20.5. The maximum absolute atomic E-state index is 11.7. The van der Waals surface area contributed by atoms with Gasteiger partial charge in [0.05, 0.1) is 16.7 Å². The highest BCUT2D eigenvalue weighted by Gasteiger charge is 2.14. The zero-order chi connectivity index (χ0) is 21.9. The minimum Gasteiger partial charge on any atom is -0.492 e. The van der Waals surface area contributed by atoms with Crippen LogP contribution in [0.2, 0.25) is 0 Å². The molecule has 2 aromatic heterocycles. The Bertz CT molecular complexity index is 1350. The summed E-state index contributed by atoms with van der Waals surface area (Å²) in [5.41, 5.74) is 5.35. The van der Waals surface area contributed by atoms with E-state index in [1.165, 1.54) is 11.0 Å². The third kappa shape index (κ3) is 4.43. The number of ether oxygens (including phenoxy) is 1. The summed E-state index contributed by atoms with van der Waals surface area (Å²) < 4.78 is 6.09. The first-order chi connectivity index (χ1) is 15.7. The summed E-state index contributed by atoms with van der Waals surface area (Å²) in [4.78, 5) is 21.8. The molecule has 0 aliphatic carbocycles. The van der Waals surface area contributed by atoms with Crippen molar-refractivity contribution >= 4 is 27.9 Å². The molecule has 1 saturated heterocycles. The number of para-hydroxylation sites is 1. The van der Waals surface area contributed by atoms with E-state index in [4.69, 9.17) is 9.72 Å².